The number of amides is 3. The fourth-order valence-electron chi connectivity index (χ4n) is 2.55. The second-order valence-electron chi connectivity index (χ2n) is 6.63. The van der Waals surface area contributed by atoms with Crippen LogP contribution in [0.25, 0.3) is 0 Å². The Morgan fingerprint density at radius 2 is 1.59 bits per heavy atom. The largest absolute Gasteiger partial charge is 0.459 e. The standard InChI is InChI=1S/C22H16F3N3O6/c23-14-7-8-15(20(25)19(14)24)28-17(29)10-26-18(30)11-34-22(32)12-3-5-13(6-4-12)27-21(31)16-2-1-9-33-16/h1-9H,10-11H2,(H,26,30)(H,27,31)(H,28,29). The van der Waals surface area contributed by atoms with Gasteiger partial charge in [-0.15, -0.1) is 0 Å². The number of esters is 1. The van der Waals surface area contributed by atoms with Gasteiger partial charge in [0.2, 0.25) is 5.91 Å². The zero-order chi connectivity index (χ0) is 24.7. The van der Waals surface area contributed by atoms with Gasteiger partial charge in [0.1, 0.15) is 0 Å². The maximum absolute atomic E-state index is 13.5. The lowest BCUT2D eigenvalue weighted by Gasteiger charge is -2.09. The van der Waals surface area contributed by atoms with Crippen molar-refractivity contribution >= 4 is 35.1 Å². The van der Waals surface area contributed by atoms with Crippen molar-refractivity contribution in [2.45, 2.75) is 0 Å². The maximum Gasteiger partial charge on any atom is 0.338 e. The fraction of sp³-hybridized carbons (Fsp3) is 0.0909. The molecule has 0 unspecified atom stereocenters. The molecule has 0 radical (unpaired) electrons. The Balaban J connectivity index is 1.42. The first-order valence-corrected chi connectivity index (χ1v) is 9.56. The number of nitrogens with one attached hydrogen (secondary N) is 3. The molecule has 0 saturated heterocycles. The van der Waals surface area contributed by atoms with Crippen LogP contribution >= 0.6 is 0 Å². The summed E-state index contributed by atoms with van der Waals surface area (Å²) in [5, 5.41) is 6.66. The lowest BCUT2D eigenvalue weighted by atomic mass is 10.2. The molecule has 0 saturated carbocycles. The van der Waals surface area contributed by atoms with Crippen LogP contribution in [0.2, 0.25) is 0 Å². The van der Waals surface area contributed by atoms with Gasteiger partial charge in [-0.1, -0.05) is 0 Å². The second kappa shape index (κ2) is 10.8. The lowest BCUT2D eigenvalue weighted by Crippen LogP contribution is -2.35. The zero-order valence-corrected chi connectivity index (χ0v) is 17.2. The Labute approximate surface area is 189 Å². The highest BCUT2D eigenvalue weighted by Crippen LogP contribution is 2.19. The molecule has 0 bridgehead atoms. The van der Waals surface area contributed by atoms with Crippen molar-refractivity contribution in [2.75, 3.05) is 23.8 Å². The molecule has 176 valence electrons. The van der Waals surface area contributed by atoms with Crippen LogP contribution in [0.1, 0.15) is 20.9 Å². The molecule has 0 atom stereocenters. The van der Waals surface area contributed by atoms with Crippen molar-refractivity contribution in [3.63, 3.8) is 0 Å². The Bertz CT molecular complexity index is 1210. The van der Waals surface area contributed by atoms with Crippen molar-refractivity contribution in [2.24, 2.45) is 0 Å². The van der Waals surface area contributed by atoms with Crippen LogP contribution in [-0.4, -0.2) is 36.8 Å². The molecule has 9 nitrogen and oxygen atoms in total. The van der Waals surface area contributed by atoms with Crippen LogP contribution in [0, 0.1) is 17.5 Å². The van der Waals surface area contributed by atoms with E-state index in [1.165, 1.54) is 36.6 Å². The molecule has 12 heteroatoms. The summed E-state index contributed by atoms with van der Waals surface area (Å²) in [6.07, 6.45) is 1.35. The SMILES string of the molecule is O=C(COC(=O)c1ccc(NC(=O)c2ccco2)cc1)NCC(=O)Nc1ccc(F)c(F)c1F. The third-order valence-corrected chi connectivity index (χ3v) is 4.21. The zero-order valence-electron chi connectivity index (χ0n) is 17.2. The van der Waals surface area contributed by atoms with Gasteiger partial charge in [0.05, 0.1) is 24.1 Å². The maximum atomic E-state index is 13.5. The number of hydrogen-bond acceptors (Lipinski definition) is 6. The number of carbonyl (C=O) groups is 4. The van der Waals surface area contributed by atoms with E-state index >= 15 is 0 Å². The van der Waals surface area contributed by atoms with E-state index in [9.17, 15) is 32.3 Å². The molecular weight excluding hydrogens is 459 g/mol. The van der Waals surface area contributed by atoms with E-state index in [0.717, 1.165) is 6.07 Å². The Hall–Kier alpha value is -4.61. The molecule has 0 aliphatic rings. The highest BCUT2D eigenvalue weighted by atomic mass is 19.2. The number of ether oxygens (including phenoxy) is 1. The Morgan fingerprint density at radius 1 is 0.853 bits per heavy atom. The summed E-state index contributed by atoms with van der Waals surface area (Å²) in [5.41, 5.74) is -0.122. The molecule has 0 aliphatic heterocycles. The van der Waals surface area contributed by atoms with Crippen molar-refractivity contribution in [3.8, 4) is 0 Å². The molecule has 0 fully saturated rings. The molecule has 0 aliphatic carbocycles. The summed E-state index contributed by atoms with van der Waals surface area (Å²) in [6.45, 7) is -1.36. The van der Waals surface area contributed by atoms with Gasteiger partial charge in [-0.3, -0.25) is 14.4 Å². The molecule has 3 N–H and O–H groups in total. The predicted octanol–water partition coefficient (Wildman–Crippen LogP) is 2.86. The first-order valence-electron chi connectivity index (χ1n) is 9.56. The van der Waals surface area contributed by atoms with E-state index in [-0.39, 0.29) is 11.3 Å². The van der Waals surface area contributed by atoms with E-state index in [4.69, 9.17) is 9.15 Å². The van der Waals surface area contributed by atoms with Gasteiger partial charge in [-0.05, 0) is 48.5 Å². The lowest BCUT2D eigenvalue weighted by molar-refractivity contribution is -0.126. The summed E-state index contributed by atoms with van der Waals surface area (Å²) < 4.78 is 49.4. The van der Waals surface area contributed by atoms with Gasteiger partial charge >= 0.3 is 5.97 Å². The van der Waals surface area contributed by atoms with Gasteiger partial charge in [-0.2, -0.15) is 0 Å². The van der Waals surface area contributed by atoms with E-state index in [1.54, 1.807) is 6.07 Å². The molecule has 1 aromatic heterocycles. The third kappa shape index (κ3) is 6.22. The molecular formula is C22H16F3N3O6. The average Bonchev–Trinajstić information content (AvgIpc) is 3.37. The molecule has 1 heterocycles. The number of halogens is 3. The molecule has 2 aromatic carbocycles. The van der Waals surface area contributed by atoms with E-state index in [0.29, 0.717) is 11.8 Å². The van der Waals surface area contributed by atoms with E-state index in [2.05, 4.69) is 10.6 Å². The number of carbonyl (C=O) groups excluding carboxylic acids is 4. The number of rotatable bonds is 8. The fourth-order valence-corrected chi connectivity index (χ4v) is 2.55. The summed E-state index contributed by atoms with van der Waals surface area (Å²) in [4.78, 5) is 47.5. The topological polar surface area (TPSA) is 127 Å². The normalized spacial score (nSPS) is 10.3. The molecule has 3 aromatic rings. The van der Waals surface area contributed by atoms with Crippen molar-refractivity contribution in [3.05, 3.63) is 83.6 Å². The summed E-state index contributed by atoms with van der Waals surface area (Å²) >= 11 is 0. The summed E-state index contributed by atoms with van der Waals surface area (Å²) in [5.74, 6) is -7.71. The Morgan fingerprint density at radius 3 is 2.26 bits per heavy atom. The third-order valence-electron chi connectivity index (χ3n) is 4.21. The van der Waals surface area contributed by atoms with Crippen LogP contribution < -0.4 is 16.0 Å². The van der Waals surface area contributed by atoms with Gasteiger partial charge in [-0.25, -0.2) is 18.0 Å². The predicted molar refractivity (Wildman–Crippen MR) is 111 cm³/mol. The van der Waals surface area contributed by atoms with Gasteiger partial charge in [0.25, 0.3) is 11.8 Å². The highest BCUT2D eigenvalue weighted by Gasteiger charge is 2.16. The van der Waals surface area contributed by atoms with Crippen molar-refractivity contribution in [1.29, 1.82) is 0 Å². The minimum Gasteiger partial charge on any atom is -0.459 e. The van der Waals surface area contributed by atoms with Crippen LogP contribution in [0.3, 0.4) is 0 Å². The van der Waals surface area contributed by atoms with Gasteiger partial charge < -0.3 is 25.1 Å². The number of furan rings is 1. The van der Waals surface area contributed by atoms with Crippen LogP contribution in [0.4, 0.5) is 24.5 Å². The number of hydrogen-bond donors (Lipinski definition) is 3. The average molecular weight is 475 g/mol. The molecule has 3 amide bonds. The van der Waals surface area contributed by atoms with Crippen LogP contribution in [0.15, 0.2) is 59.2 Å². The minimum absolute atomic E-state index is 0.0929. The smallest absolute Gasteiger partial charge is 0.338 e. The van der Waals surface area contributed by atoms with Gasteiger partial charge in [0.15, 0.2) is 29.8 Å². The molecule has 0 spiro atoms. The van der Waals surface area contributed by atoms with Crippen LogP contribution in [-0.2, 0) is 14.3 Å². The number of anilines is 2. The van der Waals surface area contributed by atoms with E-state index in [1.807, 2.05) is 5.32 Å². The first-order chi connectivity index (χ1) is 16.2. The van der Waals surface area contributed by atoms with Crippen molar-refractivity contribution in [1.82, 2.24) is 5.32 Å². The number of benzene rings is 2. The molecule has 3 rings (SSSR count). The highest BCUT2D eigenvalue weighted by molar-refractivity contribution is 6.02. The summed E-state index contributed by atoms with van der Waals surface area (Å²) in [7, 11) is 0. The first kappa shape index (κ1) is 24.0. The van der Waals surface area contributed by atoms with Crippen molar-refractivity contribution < 1.29 is 41.5 Å². The summed E-state index contributed by atoms with van der Waals surface area (Å²) in [6, 6.07) is 10.1. The monoisotopic (exact) mass is 475 g/mol. The minimum atomic E-state index is -1.75. The van der Waals surface area contributed by atoms with E-state index < -0.39 is 60.0 Å². The second-order valence-corrected chi connectivity index (χ2v) is 6.63. The van der Waals surface area contributed by atoms with Crippen LogP contribution in [0.5, 0.6) is 0 Å². The van der Waals surface area contributed by atoms with Gasteiger partial charge in [0, 0.05) is 5.69 Å². The molecule has 34 heavy (non-hydrogen) atoms. The Kier molecular flexibility index (Phi) is 7.64. The quantitative estimate of drug-likeness (QED) is 0.340.